The van der Waals surface area contributed by atoms with Crippen LogP contribution in [-0.4, -0.2) is 19.6 Å². The number of hydrogen-bond acceptors (Lipinski definition) is 5. The molecule has 1 unspecified atom stereocenters. The van der Waals surface area contributed by atoms with Crippen molar-refractivity contribution in [1.82, 2.24) is 0 Å². The minimum absolute atomic E-state index is 0.00372. The number of nitrogens with two attached hydrogens (primary N) is 1. The van der Waals surface area contributed by atoms with Crippen LogP contribution in [0.5, 0.6) is 0 Å². The quantitative estimate of drug-likeness (QED) is 0.501. The molecular formula is C16H14BF4N2O3-. The van der Waals surface area contributed by atoms with Crippen molar-refractivity contribution in [3.8, 4) is 6.07 Å². The molecule has 1 aromatic rings. The Hall–Kier alpha value is -2.96. The Labute approximate surface area is 146 Å². The van der Waals surface area contributed by atoms with Crippen molar-refractivity contribution in [1.29, 1.82) is 5.26 Å². The van der Waals surface area contributed by atoms with Crippen LogP contribution in [-0.2, 0) is 14.3 Å². The van der Waals surface area contributed by atoms with Crippen LogP contribution in [0.15, 0.2) is 41.0 Å². The summed E-state index contributed by atoms with van der Waals surface area (Å²) in [5.74, 6) is -3.91. The number of rotatable bonds is 4. The Balaban J connectivity index is 2.70. The molecule has 0 saturated heterocycles. The first-order valence-corrected chi connectivity index (χ1v) is 7.56. The normalized spacial score (nSPS) is 17.7. The fraction of sp³-hybridized carbons (Fsp3) is 0.250. The zero-order chi connectivity index (χ0) is 19.6. The average molecular weight is 369 g/mol. The van der Waals surface area contributed by atoms with Gasteiger partial charge in [0.2, 0.25) is 5.88 Å². The van der Waals surface area contributed by atoms with Crippen molar-refractivity contribution in [2.24, 2.45) is 5.73 Å². The second-order valence-corrected chi connectivity index (χ2v) is 5.47. The molecule has 0 radical (unpaired) electrons. The number of ether oxygens (including phenoxy) is 2. The highest BCUT2D eigenvalue weighted by atomic mass is 19.4. The predicted octanol–water partition coefficient (Wildman–Crippen LogP) is 2.52. The predicted molar refractivity (Wildman–Crippen MR) is 85.1 cm³/mol. The number of allylic oxidation sites excluding steroid dienone is 2. The number of nitriles is 1. The molecule has 26 heavy (non-hydrogen) atoms. The highest BCUT2D eigenvalue weighted by Crippen LogP contribution is 2.39. The molecule has 1 aliphatic rings. The lowest BCUT2D eigenvalue weighted by atomic mass is 9.75. The molecule has 1 heterocycles. The van der Waals surface area contributed by atoms with E-state index >= 15 is 0 Å². The summed E-state index contributed by atoms with van der Waals surface area (Å²) >= 11 is 0. The van der Waals surface area contributed by atoms with Crippen molar-refractivity contribution < 1.29 is 31.6 Å². The van der Waals surface area contributed by atoms with Crippen LogP contribution in [0.3, 0.4) is 0 Å². The van der Waals surface area contributed by atoms with E-state index in [0.717, 1.165) is 6.07 Å². The number of esters is 1. The monoisotopic (exact) mass is 369 g/mol. The fourth-order valence-electron chi connectivity index (χ4n) is 2.68. The van der Waals surface area contributed by atoms with E-state index in [1.807, 2.05) is 0 Å². The van der Waals surface area contributed by atoms with Gasteiger partial charge in [-0.25, -0.2) is 9.18 Å². The van der Waals surface area contributed by atoms with Crippen molar-refractivity contribution in [3.63, 3.8) is 0 Å². The summed E-state index contributed by atoms with van der Waals surface area (Å²) < 4.78 is 63.0. The molecule has 0 amide bonds. The third-order valence-electron chi connectivity index (χ3n) is 3.81. The first-order valence-electron chi connectivity index (χ1n) is 7.56. The molecule has 0 spiro atoms. The molecule has 10 heteroatoms. The summed E-state index contributed by atoms with van der Waals surface area (Å²) in [6, 6.07) is 4.01. The van der Waals surface area contributed by atoms with Crippen LogP contribution >= 0.6 is 0 Å². The van der Waals surface area contributed by atoms with Gasteiger partial charge >= 0.3 is 12.9 Å². The average Bonchev–Trinajstić information content (AvgIpc) is 2.53. The summed E-state index contributed by atoms with van der Waals surface area (Å²) in [4.78, 5) is 12.3. The van der Waals surface area contributed by atoms with E-state index in [4.69, 9.17) is 15.2 Å². The highest BCUT2D eigenvalue weighted by Gasteiger charge is 2.38. The van der Waals surface area contributed by atoms with Gasteiger partial charge in [-0.15, -0.1) is 0 Å². The maximum Gasteiger partial charge on any atom is 0.512 e. The summed E-state index contributed by atoms with van der Waals surface area (Å²) in [5.41, 5.74) is 3.66. The molecule has 0 aliphatic carbocycles. The van der Waals surface area contributed by atoms with Crippen LogP contribution in [0.25, 0.3) is 0 Å². The Morgan fingerprint density at radius 3 is 2.62 bits per heavy atom. The molecule has 0 saturated carbocycles. The largest absolute Gasteiger partial charge is 0.512 e. The second kappa shape index (κ2) is 7.11. The van der Waals surface area contributed by atoms with E-state index in [2.05, 4.69) is 0 Å². The molecule has 0 aromatic heterocycles. The van der Waals surface area contributed by atoms with Gasteiger partial charge in [0.1, 0.15) is 17.4 Å². The summed E-state index contributed by atoms with van der Waals surface area (Å²) in [5, 5.41) is 9.36. The summed E-state index contributed by atoms with van der Waals surface area (Å²) in [6.45, 7) is -2.71. The minimum Gasteiger partial charge on any atom is -0.463 e. The zero-order valence-electron chi connectivity index (χ0n) is 13.9. The summed E-state index contributed by atoms with van der Waals surface area (Å²) in [6.07, 6.45) is 0. The number of carbonyl (C=O) groups excluding carboxylic acids is 1. The van der Waals surface area contributed by atoms with Crippen molar-refractivity contribution in [2.75, 3.05) is 6.61 Å². The van der Waals surface area contributed by atoms with E-state index in [1.165, 1.54) is 6.92 Å². The second-order valence-electron chi connectivity index (χ2n) is 5.47. The van der Waals surface area contributed by atoms with Gasteiger partial charge in [0, 0.05) is 0 Å². The highest BCUT2D eigenvalue weighted by molar-refractivity contribution is 6.73. The van der Waals surface area contributed by atoms with Gasteiger partial charge in [-0.2, -0.15) is 5.26 Å². The van der Waals surface area contributed by atoms with Crippen molar-refractivity contribution in [3.05, 3.63) is 52.4 Å². The molecular weight excluding hydrogens is 355 g/mol. The van der Waals surface area contributed by atoms with E-state index < -0.39 is 30.1 Å². The van der Waals surface area contributed by atoms with Gasteiger partial charge in [-0.3, -0.25) is 0 Å². The molecule has 5 nitrogen and oxygen atoms in total. The SMILES string of the molecule is CCOC(=O)C1=C(C)OC(N)=C(C#N)C1c1ccc(F)c([B-](F)(F)F)c1. The Bertz CT molecular complexity index is 856. The Morgan fingerprint density at radius 1 is 1.42 bits per heavy atom. The molecule has 138 valence electrons. The van der Waals surface area contributed by atoms with Crippen LogP contribution in [0, 0.1) is 17.1 Å². The standard InChI is InChI=1S/C16H14BF4N2O3/c1-3-25-16(24)13-8(2)26-15(23)10(7-22)14(13)9-4-5-12(18)11(6-9)17(19,20)21/h4-6,14H,3,23H2,1-2H3/q-1. The fourth-order valence-corrected chi connectivity index (χ4v) is 2.68. The van der Waals surface area contributed by atoms with Crippen LogP contribution in [0.1, 0.15) is 25.3 Å². The molecule has 2 rings (SSSR count). The molecule has 0 fully saturated rings. The molecule has 1 aliphatic heterocycles. The number of carbonyl (C=O) groups is 1. The topological polar surface area (TPSA) is 85.3 Å². The van der Waals surface area contributed by atoms with Gasteiger partial charge in [-0.1, -0.05) is 17.6 Å². The minimum atomic E-state index is -5.63. The van der Waals surface area contributed by atoms with E-state index in [1.54, 1.807) is 13.0 Å². The van der Waals surface area contributed by atoms with Crippen LogP contribution < -0.4 is 11.2 Å². The van der Waals surface area contributed by atoms with Crippen LogP contribution in [0.4, 0.5) is 17.3 Å². The maximum atomic E-state index is 13.6. The number of halogens is 4. The number of nitrogens with zero attached hydrogens (tertiary/aromatic N) is 1. The Kier molecular flexibility index (Phi) is 5.30. The lowest BCUT2D eigenvalue weighted by molar-refractivity contribution is -0.139. The van der Waals surface area contributed by atoms with E-state index in [0.29, 0.717) is 12.1 Å². The molecule has 0 bridgehead atoms. The van der Waals surface area contributed by atoms with Gasteiger partial charge in [0.15, 0.2) is 0 Å². The van der Waals surface area contributed by atoms with E-state index in [9.17, 15) is 27.4 Å². The number of hydrogen-bond donors (Lipinski definition) is 1. The zero-order valence-corrected chi connectivity index (χ0v) is 13.9. The van der Waals surface area contributed by atoms with E-state index in [-0.39, 0.29) is 35.0 Å². The van der Waals surface area contributed by atoms with Crippen molar-refractivity contribution >= 4 is 18.4 Å². The third kappa shape index (κ3) is 3.52. The van der Waals surface area contributed by atoms with Gasteiger partial charge < -0.3 is 28.2 Å². The lowest BCUT2D eigenvalue weighted by Gasteiger charge is -2.28. The third-order valence-corrected chi connectivity index (χ3v) is 3.81. The molecule has 2 N–H and O–H groups in total. The van der Waals surface area contributed by atoms with Gasteiger partial charge in [0.25, 0.3) is 0 Å². The van der Waals surface area contributed by atoms with Crippen molar-refractivity contribution in [2.45, 2.75) is 19.8 Å². The smallest absolute Gasteiger partial charge is 0.463 e. The first-order chi connectivity index (χ1) is 12.1. The molecule has 1 aromatic carbocycles. The lowest BCUT2D eigenvalue weighted by Crippen LogP contribution is -2.37. The van der Waals surface area contributed by atoms with Gasteiger partial charge in [-0.05, 0) is 25.5 Å². The van der Waals surface area contributed by atoms with Gasteiger partial charge in [0.05, 0.1) is 23.9 Å². The summed E-state index contributed by atoms with van der Waals surface area (Å²) in [7, 11) is 0. The van der Waals surface area contributed by atoms with Crippen LogP contribution in [0.2, 0.25) is 0 Å². The molecule has 1 atom stereocenters. The maximum absolute atomic E-state index is 13.6. The Morgan fingerprint density at radius 2 is 2.08 bits per heavy atom. The number of benzene rings is 1. The first kappa shape index (κ1) is 19.4.